The van der Waals surface area contributed by atoms with Crippen molar-refractivity contribution in [3.63, 3.8) is 0 Å². The Balaban J connectivity index is 0.00000242. The summed E-state index contributed by atoms with van der Waals surface area (Å²) in [7, 11) is 0. The van der Waals surface area contributed by atoms with Gasteiger partial charge in [0.25, 0.3) is 0 Å². The van der Waals surface area contributed by atoms with E-state index in [1.165, 1.54) is 12.1 Å². The van der Waals surface area contributed by atoms with Crippen LogP contribution in [0.3, 0.4) is 0 Å². The van der Waals surface area contributed by atoms with Gasteiger partial charge in [0.15, 0.2) is 0 Å². The molecule has 0 spiro atoms. The SMILES string of the molecule is Cl.NCCCNC(=O)C1CCCCN1Cc1ccc(F)cc1. The largest absolute Gasteiger partial charge is 0.355 e. The van der Waals surface area contributed by atoms with E-state index in [0.29, 0.717) is 19.6 Å². The van der Waals surface area contributed by atoms with Crippen LogP contribution in [0.15, 0.2) is 24.3 Å². The van der Waals surface area contributed by atoms with Crippen LogP contribution in [0.4, 0.5) is 4.39 Å². The number of piperidine rings is 1. The van der Waals surface area contributed by atoms with Crippen LogP contribution in [0.5, 0.6) is 0 Å². The van der Waals surface area contributed by atoms with E-state index in [-0.39, 0.29) is 30.2 Å². The van der Waals surface area contributed by atoms with Crippen LogP contribution in [0.2, 0.25) is 0 Å². The minimum absolute atomic E-state index is 0. The number of rotatable bonds is 6. The lowest BCUT2D eigenvalue weighted by molar-refractivity contribution is -0.127. The monoisotopic (exact) mass is 329 g/mol. The van der Waals surface area contributed by atoms with Crippen molar-refractivity contribution in [1.29, 1.82) is 0 Å². The summed E-state index contributed by atoms with van der Waals surface area (Å²) in [5, 5.41) is 2.96. The van der Waals surface area contributed by atoms with E-state index < -0.39 is 0 Å². The van der Waals surface area contributed by atoms with Gasteiger partial charge in [0.2, 0.25) is 5.91 Å². The zero-order valence-electron chi connectivity index (χ0n) is 12.8. The number of nitrogens with two attached hydrogens (primary N) is 1. The zero-order valence-corrected chi connectivity index (χ0v) is 13.6. The van der Waals surface area contributed by atoms with Gasteiger partial charge < -0.3 is 11.1 Å². The van der Waals surface area contributed by atoms with Crippen molar-refractivity contribution < 1.29 is 9.18 Å². The third-order valence-electron chi connectivity index (χ3n) is 3.90. The molecule has 1 aliphatic heterocycles. The van der Waals surface area contributed by atoms with Gasteiger partial charge in [0.1, 0.15) is 5.82 Å². The van der Waals surface area contributed by atoms with Gasteiger partial charge in [-0.3, -0.25) is 9.69 Å². The van der Waals surface area contributed by atoms with Gasteiger partial charge in [0, 0.05) is 13.1 Å². The molecule has 4 nitrogen and oxygen atoms in total. The van der Waals surface area contributed by atoms with Crippen LogP contribution in [-0.4, -0.2) is 36.5 Å². The molecule has 0 aliphatic carbocycles. The first-order valence-electron chi connectivity index (χ1n) is 7.67. The average Bonchev–Trinajstić information content (AvgIpc) is 2.50. The Morgan fingerprint density at radius 2 is 2.05 bits per heavy atom. The van der Waals surface area contributed by atoms with Crippen molar-refractivity contribution in [1.82, 2.24) is 10.2 Å². The van der Waals surface area contributed by atoms with Gasteiger partial charge in [-0.25, -0.2) is 4.39 Å². The molecule has 0 aromatic heterocycles. The molecule has 3 N–H and O–H groups in total. The van der Waals surface area contributed by atoms with Crippen molar-refractivity contribution in [2.24, 2.45) is 5.73 Å². The summed E-state index contributed by atoms with van der Waals surface area (Å²) in [6.45, 7) is 2.82. The number of amides is 1. The van der Waals surface area contributed by atoms with Gasteiger partial charge in [-0.15, -0.1) is 12.4 Å². The number of carbonyl (C=O) groups is 1. The third-order valence-corrected chi connectivity index (χ3v) is 3.90. The first kappa shape index (κ1) is 18.9. The summed E-state index contributed by atoms with van der Waals surface area (Å²) < 4.78 is 13.0. The maximum absolute atomic E-state index is 13.0. The highest BCUT2D eigenvalue weighted by molar-refractivity contribution is 5.85. The molecule has 1 aromatic carbocycles. The Hall–Kier alpha value is -1.17. The van der Waals surface area contributed by atoms with Gasteiger partial charge >= 0.3 is 0 Å². The number of carbonyl (C=O) groups excluding carboxylic acids is 1. The van der Waals surface area contributed by atoms with Gasteiger partial charge in [-0.1, -0.05) is 18.6 Å². The smallest absolute Gasteiger partial charge is 0.237 e. The topological polar surface area (TPSA) is 58.4 Å². The van der Waals surface area contributed by atoms with Gasteiger partial charge in [0.05, 0.1) is 6.04 Å². The summed E-state index contributed by atoms with van der Waals surface area (Å²) in [4.78, 5) is 14.5. The van der Waals surface area contributed by atoms with Crippen molar-refractivity contribution >= 4 is 18.3 Å². The van der Waals surface area contributed by atoms with E-state index >= 15 is 0 Å². The lowest BCUT2D eigenvalue weighted by atomic mass is 10.0. The molecule has 22 heavy (non-hydrogen) atoms. The van der Waals surface area contributed by atoms with Crippen LogP contribution in [0.1, 0.15) is 31.2 Å². The molecule has 124 valence electrons. The Morgan fingerprint density at radius 3 is 2.73 bits per heavy atom. The second-order valence-electron chi connectivity index (χ2n) is 5.54. The van der Waals surface area contributed by atoms with Crippen molar-refractivity contribution in [3.8, 4) is 0 Å². The van der Waals surface area contributed by atoms with Crippen LogP contribution in [-0.2, 0) is 11.3 Å². The Kier molecular flexibility index (Phi) is 8.38. The number of hydrogen-bond donors (Lipinski definition) is 2. The second kappa shape index (κ2) is 9.77. The number of halogens is 2. The molecule has 6 heteroatoms. The molecule has 0 radical (unpaired) electrons. The molecule has 1 atom stereocenters. The summed E-state index contributed by atoms with van der Waals surface area (Å²) in [5.74, 6) is -0.140. The molecule has 2 rings (SSSR count). The number of likely N-dealkylation sites (tertiary alicyclic amines) is 1. The van der Waals surface area contributed by atoms with Crippen LogP contribution in [0, 0.1) is 5.82 Å². The van der Waals surface area contributed by atoms with Crippen molar-refractivity contribution in [2.45, 2.75) is 38.3 Å². The minimum Gasteiger partial charge on any atom is -0.355 e. The highest BCUT2D eigenvalue weighted by atomic mass is 35.5. The number of hydrogen-bond acceptors (Lipinski definition) is 3. The highest BCUT2D eigenvalue weighted by Crippen LogP contribution is 2.20. The lowest BCUT2D eigenvalue weighted by Gasteiger charge is -2.34. The number of nitrogens with zero attached hydrogens (tertiary/aromatic N) is 1. The molecule has 1 heterocycles. The minimum atomic E-state index is -0.228. The maximum Gasteiger partial charge on any atom is 0.237 e. The first-order chi connectivity index (χ1) is 10.2. The molecular weight excluding hydrogens is 305 g/mol. The summed E-state index contributed by atoms with van der Waals surface area (Å²) in [5.41, 5.74) is 6.48. The maximum atomic E-state index is 13.0. The van der Waals surface area contributed by atoms with Gasteiger partial charge in [-0.2, -0.15) is 0 Å². The summed E-state index contributed by atoms with van der Waals surface area (Å²) in [6, 6.07) is 6.42. The second-order valence-corrected chi connectivity index (χ2v) is 5.54. The molecular formula is C16H25ClFN3O. The van der Waals surface area contributed by atoms with Crippen LogP contribution >= 0.6 is 12.4 Å². The molecule has 1 aromatic rings. The highest BCUT2D eigenvalue weighted by Gasteiger charge is 2.28. The van der Waals surface area contributed by atoms with E-state index in [0.717, 1.165) is 37.8 Å². The Morgan fingerprint density at radius 1 is 1.32 bits per heavy atom. The normalized spacial score (nSPS) is 18.5. The summed E-state index contributed by atoms with van der Waals surface area (Å²) >= 11 is 0. The molecule has 1 amide bonds. The molecule has 0 bridgehead atoms. The number of nitrogens with one attached hydrogen (secondary N) is 1. The van der Waals surface area contributed by atoms with Crippen LogP contribution < -0.4 is 11.1 Å². The molecule has 1 unspecified atom stereocenters. The predicted molar refractivity (Wildman–Crippen MR) is 88.4 cm³/mol. The predicted octanol–water partition coefficient (Wildman–Crippen LogP) is 2.07. The van der Waals surface area contributed by atoms with Gasteiger partial charge in [-0.05, 0) is 50.0 Å². The zero-order chi connectivity index (χ0) is 15.1. The quantitative estimate of drug-likeness (QED) is 0.785. The lowest BCUT2D eigenvalue weighted by Crippen LogP contribution is -2.49. The van der Waals surface area contributed by atoms with E-state index in [9.17, 15) is 9.18 Å². The van der Waals surface area contributed by atoms with Crippen molar-refractivity contribution in [2.75, 3.05) is 19.6 Å². The summed E-state index contributed by atoms with van der Waals surface area (Å²) in [6.07, 6.45) is 3.87. The molecule has 1 aliphatic rings. The molecule has 1 fully saturated rings. The van der Waals surface area contributed by atoms with E-state index in [1.807, 2.05) is 0 Å². The number of benzene rings is 1. The Labute approximate surface area is 137 Å². The fourth-order valence-corrected chi connectivity index (χ4v) is 2.73. The first-order valence-corrected chi connectivity index (χ1v) is 7.67. The standard InChI is InChI=1S/C16H24FN3O.ClH/c17-14-7-5-13(6-8-14)12-20-11-2-1-4-15(20)16(21)19-10-3-9-18;/h5-8,15H,1-4,9-12,18H2,(H,19,21);1H. The molecule has 0 saturated carbocycles. The van der Waals surface area contributed by atoms with E-state index in [1.54, 1.807) is 12.1 Å². The average molecular weight is 330 g/mol. The fraction of sp³-hybridized carbons (Fsp3) is 0.562. The van der Waals surface area contributed by atoms with Crippen LogP contribution in [0.25, 0.3) is 0 Å². The fourth-order valence-electron chi connectivity index (χ4n) is 2.73. The third kappa shape index (κ3) is 5.55. The molecule has 1 saturated heterocycles. The van der Waals surface area contributed by atoms with E-state index in [2.05, 4.69) is 10.2 Å². The Bertz CT molecular complexity index is 455. The van der Waals surface area contributed by atoms with Crippen molar-refractivity contribution in [3.05, 3.63) is 35.6 Å². The van der Waals surface area contributed by atoms with E-state index in [4.69, 9.17) is 5.73 Å².